The van der Waals surface area contributed by atoms with Crippen LogP contribution in [-0.4, -0.2) is 34.7 Å². The van der Waals surface area contributed by atoms with Crippen molar-refractivity contribution in [3.8, 4) is 5.75 Å². The summed E-state index contributed by atoms with van der Waals surface area (Å²) in [6.45, 7) is 3.51. The summed E-state index contributed by atoms with van der Waals surface area (Å²) in [5.74, 6) is 2.08. The molecule has 0 atom stereocenters. The normalized spacial score (nSPS) is 12.7. The maximum Gasteiger partial charge on any atom is 0.190 e. The zero-order valence-corrected chi connectivity index (χ0v) is 15.3. The number of rotatable bonds is 6. The molecule has 1 N–H and O–H groups in total. The monoisotopic (exact) mass is 365 g/mol. The van der Waals surface area contributed by atoms with E-state index in [4.69, 9.17) is 4.74 Å². The van der Waals surface area contributed by atoms with Crippen molar-refractivity contribution in [3.05, 3.63) is 53.6 Å². The molecule has 0 saturated heterocycles. The van der Waals surface area contributed by atoms with Gasteiger partial charge in [0.05, 0.1) is 17.9 Å². The number of aromatic nitrogens is 2. The Morgan fingerprint density at radius 2 is 2.12 bits per heavy atom. The molecule has 6 heteroatoms. The van der Waals surface area contributed by atoms with Crippen LogP contribution in [0.2, 0.25) is 0 Å². The topological polar surface area (TPSA) is 64.1 Å². The first kappa shape index (κ1) is 16.8. The summed E-state index contributed by atoms with van der Waals surface area (Å²) in [5, 5.41) is 4.87. The van der Waals surface area contributed by atoms with Crippen molar-refractivity contribution >= 4 is 34.3 Å². The lowest BCUT2D eigenvalue weighted by Gasteiger charge is -2.09. The van der Waals surface area contributed by atoms with Gasteiger partial charge in [-0.1, -0.05) is 23.9 Å². The zero-order valence-electron chi connectivity index (χ0n) is 14.5. The van der Waals surface area contributed by atoms with Gasteiger partial charge in [0.1, 0.15) is 11.6 Å². The van der Waals surface area contributed by atoms with Gasteiger partial charge in [0.25, 0.3) is 0 Å². The van der Waals surface area contributed by atoms with E-state index in [9.17, 15) is 4.79 Å². The van der Waals surface area contributed by atoms with Gasteiger partial charge in [0.2, 0.25) is 0 Å². The van der Waals surface area contributed by atoms with E-state index in [1.807, 2.05) is 49.4 Å². The third kappa shape index (κ3) is 3.37. The Morgan fingerprint density at radius 1 is 1.23 bits per heavy atom. The van der Waals surface area contributed by atoms with E-state index in [0.717, 1.165) is 46.6 Å². The number of carbonyl (C=O) groups excluding carboxylic acids is 1. The van der Waals surface area contributed by atoms with Gasteiger partial charge in [0, 0.05) is 23.9 Å². The number of ketones is 1. The minimum atomic E-state index is 0.0754. The van der Waals surface area contributed by atoms with Gasteiger partial charge in [0.15, 0.2) is 10.9 Å². The minimum absolute atomic E-state index is 0.0754. The van der Waals surface area contributed by atoms with E-state index >= 15 is 0 Å². The van der Waals surface area contributed by atoms with Crippen molar-refractivity contribution in [3.63, 3.8) is 0 Å². The van der Waals surface area contributed by atoms with Crippen LogP contribution in [0.3, 0.4) is 0 Å². The maximum atomic E-state index is 12.6. The fraction of sp³-hybridized carbons (Fsp3) is 0.250. The molecule has 0 fully saturated rings. The molecule has 0 unspecified atom stereocenters. The molecular formula is C20H19N3O2S. The third-order valence-electron chi connectivity index (χ3n) is 4.27. The Kier molecular flexibility index (Phi) is 4.75. The Labute approximate surface area is 156 Å². The lowest BCUT2D eigenvalue weighted by molar-refractivity contribution is 0.102. The summed E-state index contributed by atoms with van der Waals surface area (Å²) >= 11 is 1.37. The molecule has 5 nitrogen and oxygen atoms in total. The van der Waals surface area contributed by atoms with E-state index < -0.39 is 0 Å². The number of nitrogens with zero attached hydrogens (tertiary/aromatic N) is 2. The van der Waals surface area contributed by atoms with Crippen molar-refractivity contribution in [1.82, 2.24) is 9.97 Å². The average Bonchev–Trinajstić information content (AvgIpc) is 3.14. The van der Waals surface area contributed by atoms with Crippen LogP contribution in [-0.2, 0) is 6.42 Å². The summed E-state index contributed by atoms with van der Waals surface area (Å²) in [4.78, 5) is 21.7. The summed E-state index contributed by atoms with van der Waals surface area (Å²) in [6.07, 6.45) is 0.865. The number of carbonyl (C=O) groups is 1. The van der Waals surface area contributed by atoms with Crippen LogP contribution < -0.4 is 10.1 Å². The Morgan fingerprint density at radius 3 is 3.00 bits per heavy atom. The van der Waals surface area contributed by atoms with E-state index in [-0.39, 0.29) is 5.78 Å². The quantitative estimate of drug-likeness (QED) is 0.405. The lowest BCUT2D eigenvalue weighted by Crippen LogP contribution is -2.05. The predicted octanol–water partition coefficient (Wildman–Crippen LogP) is 3.97. The number of ether oxygens (including phenoxy) is 1. The van der Waals surface area contributed by atoms with Gasteiger partial charge >= 0.3 is 0 Å². The van der Waals surface area contributed by atoms with Crippen molar-refractivity contribution < 1.29 is 9.53 Å². The van der Waals surface area contributed by atoms with Crippen LogP contribution in [0.1, 0.15) is 22.8 Å². The first-order valence-electron chi connectivity index (χ1n) is 8.67. The average molecular weight is 365 g/mol. The van der Waals surface area contributed by atoms with Gasteiger partial charge in [-0.05, 0) is 42.8 Å². The second-order valence-electron chi connectivity index (χ2n) is 6.04. The van der Waals surface area contributed by atoms with E-state index in [1.54, 1.807) is 0 Å². The number of para-hydroxylation sites is 1. The summed E-state index contributed by atoms with van der Waals surface area (Å²) in [7, 11) is 0. The molecule has 2 heterocycles. The number of fused-ring (bicyclic) bond motifs is 2. The number of nitrogens with one attached hydrogen (secondary N) is 1. The molecule has 1 aliphatic rings. The van der Waals surface area contributed by atoms with Crippen molar-refractivity contribution in [2.45, 2.75) is 18.5 Å². The SMILES string of the molecule is CCNc1nc(SCC(=O)c2ccc3c(c2)CCO3)nc2ccccc12. The lowest BCUT2D eigenvalue weighted by atomic mass is 10.1. The van der Waals surface area contributed by atoms with Gasteiger partial charge in [-0.3, -0.25) is 4.79 Å². The summed E-state index contributed by atoms with van der Waals surface area (Å²) < 4.78 is 5.50. The molecule has 1 aliphatic heterocycles. The van der Waals surface area contributed by atoms with Crippen LogP contribution in [0, 0.1) is 0 Å². The van der Waals surface area contributed by atoms with Crippen LogP contribution in [0.5, 0.6) is 5.75 Å². The zero-order chi connectivity index (χ0) is 17.9. The smallest absolute Gasteiger partial charge is 0.190 e. The second-order valence-corrected chi connectivity index (χ2v) is 6.98. The van der Waals surface area contributed by atoms with E-state index in [1.165, 1.54) is 11.8 Å². The standard InChI is InChI=1S/C20H19N3O2S/c1-2-21-19-15-5-3-4-6-16(15)22-20(23-19)26-12-17(24)13-7-8-18-14(11-13)9-10-25-18/h3-8,11H,2,9-10,12H2,1H3,(H,21,22,23). The number of hydrogen-bond donors (Lipinski definition) is 1. The van der Waals surface area contributed by atoms with Gasteiger partial charge in [-0.15, -0.1) is 0 Å². The first-order chi connectivity index (χ1) is 12.7. The van der Waals surface area contributed by atoms with Crippen LogP contribution in [0.4, 0.5) is 5.82 Å². The fourth-order valence-electron chi connectivity index (χ4n) is 3.00. The molecular weight excluding hydrogens is 346 g/mol. The number of benzene rings is 2. The first-order valence-corrected chi connectivity index (χ1v) is 9.65. The Balaban J connectivity index is 1.53. The molecule has 0 bridgehead atoms. The summed E-state index contributed by atoms with van der Waals surface area (Å²) in [5.41, 5.74) is 2.70. The van der Waals surface area contributed by atoms with Crippen LogP contribution in [0.15, 0.2) is 47.6 Å². The van der Waals surface area contributed by atoms with Crippen LogP contribution >= 0.6 is 11.8 Å². The Hall–Kier alpha value is -2.60. The highest BCUT2D eigenvalue weighted by molar-refractivity contribution is 7.99. The van der Waals surface area contributed by atoms with E-state index in [2.05, 4.69) is 15.3 Å². The highest BCUT2D eigenvalue weighted by atomic mass is 32.2. The van der Waals surface area contributed by atoms with Crippen molar-refractivity contribution in [1.29, 1.82) is 0 Å². The molecule has 4 rings (SSSR count). The molecule has 0 saturated carbocycles. The van der Waals surface area contributed by atoms with Crippen molar-refractivity contribution in [2.75, 3.05) is 24.2 Å². The highest BCUT2D eigenvalue weighted by Gasteiger charge is 2.16. The molecule has 2 aromatic carbocycles. The molecule has 1 aromatic heterocycles. The highest BCUT2D eigenvalue weighted by Crippen LogP contribution is 2.28. The molecule has 3 aromatic rings. The molecule has 0 aliphatic carbocycles. The van der Waals surface area contributed by atoms with Gasteiger partial charge in [-0.25, -0.2) is 9.97 Å². The minimum Gasteiger partial charge on any atom is -0.493 e. The summed E-state index contributed by atoms with van der Waals surface area (Å²) in [6, 6.07) is 13.5. The van der Waals surface area contributed by atoms with Gasteiger partial charge < -0.3 is 10.1 Å². The second kappa shape index (κ2) is 7.33. The largest absolute Gasteiger partial charge is 0.493 e. The molecule has 26 heavy (non-hydrogen) atoms. The van der Waals surface area contributed by atoms with Crippen LogP contribution in [0.25, 0.3) is 10.9 Å². The third-order valence-corrected chi connectivity index (χ3v) is 5.12. The number of hydrogen-bond acceptors (Lipinski definition) is 6. The number of thioether (sulfide) groups is 1. The van der Waals surface area contributed by atoms with Gasteiger partial charge in [-0.2, -0.15) is 0 Å². The number of anilines is 1. The van der Waals surface area contributed by atoms with Crippen molar-refractivity contribution in [2.24, 2.45) is 0 Å². The maximum absolute atomic E-state index is 12.6. The number of Topliss-reactive ketones (excluding diaryl/α,β-unsaturated/α-hetero) is 1. The Bertz CT molecular complexity index is 974. The molecule has 0 spiro atoms. The molecule has 132 valence electrons. The fourth-order valence-corrected chi connectivity index (χ4v) is 3.74. The molecule has 0 radical (unpaired) electrons. The van der Waals surface area contributed by atoms with E-state index in [0.29, 0.717) is 17.5 Å². The molecule has 0 amide bonds. The predicted molar refractivity (Wildman–Crippen MR) is 104 cm³/mol.